The topological polar surface area (TPSA) is 100 Å². The fourth-order valence-electron chi connectivity index (χ4n) is 5.13. The summed E-state index contributed by atoms with van der Waals surface area (Å²) in [4.78, 5) is 0. The molecular weight excluding hydrogens is 370 g/mol. The number of epoxide rings is 1. The molecule has 9 nitrogen and oxygen atoms in total. The average Bonchev–Trinajstić information content (AvgIpc) is 3.43. The highest BCUT2D eigenvalue weighted by molar-refractivity contribution is 5.22. The van der Waals surface area contributed by atoms with Crippen LogP contribution in [0.2, 0.25) is 0 Å². The van der Waals surface area contributed by atoms with Crippen LogP contribution < -0.4 is 5.32 Å². The third-order valence-electron chi connectivity index (χ3n) is 6.62. The molecule has 2 aliphatic heterocycles. The Morgan fingerprint density at radius 3 is 2.18 bits per heavy atom. The summed E-state index contributed by atoms with van der Waals surface area (Å²) in [5, 5.41) is 13.7. The van der Waals surface area contributed by atoms with Gasteiger partial charge in [-0.2, -0.15) is 0 Å². The van der Waals surface area contributed by atoms with Crippen molar-refractivity contribution in [2.75, 3.05) is 55.4 Å². The van der Waals surface area contributed by atoms with Gasteiger partial charge >= 0.3 is 0 Å². The molecule has 0 aromatic heterocycles. The maximum Gasteiger partial charge on any atom is 0.127 e. The molecule has 2 N–H and O–H groups in total. The van der Waals surface area contributed by atoms with Gasteiger partial charge in [0.2, 0.25) is 0 Å². The second-order valence-electron chi connectivity index (χ2n) is 7.85. The lowest BCUT2D eigenvalue weighted by molar-refractivity contribution is -0.168. The average molecular weight is 405 g/mol. The van der Waals surface area contributed by atoms with Gasteiger partial charge < -0.3 is 43.6 Å². The number of aliphatic hydroxyl groups excluding tert-OH is 1. The molecule has 3 rings (SSSR count). The van der Waals surface area contributed by atoms with Crippen molar-refractivity contribution in [3.05, 3.63) is 0 Å². The Balaban J connectivity index is 1.87. The molecule has 1 aliphatic carbocycles. The highest BCUT2D eigenvalue weighted by Crippen LogP contribution is 2.53. The van der Waals surface area contributed by atoms with Gasteiger partial charge in [0.1, 0.15) is 30.0 Å². The lowest BCUT2D eigenvalue weighted by Crippen LogP contribution is -2.69. The van der Waals surface area contributed by atoms with Crippen LogP contribution in [0.5, 0.6) is 0 Å². The molecule has 3 fully saturated rings. The smallest absolute Gasteiger partial charge is 0.127 e. The van der Waals surface area contributed by atoms with Crippen LogP contribution in [0.1, 0.15) is 6.92 Å². The van der Waals surface area contributed by atoms with Crippen LogP contribution in [0, 0.1) is 5.92 Å². The first-order valence-electron chi connectivity index (χ1n) is 9.79. The van der Waals surface area contributed by atoms with Crippen molar-refractivity contribution in [2.24, 2.45) is 5.92 Å². The van der Waals surface area contributed by atoms with Crippen LogP contribution in [-0.2, 0) is 33.2 Å². The Bertz CT molecular complexity index is 510. The third kappa shape index (κ3) is 3.61. The lowest BCUT2D eigenvalue weighted by atomic mass is 9.73. The Morgan fingerprint density at radius 2 is 1.64 bits per heavy atom. The van der Waals surface area contributed by atoms with Crippen molar-refractivity contribution in [2.45, 2.75) is 61.2 Å². The van der Waals surface area contributed by atoms with Gasteiger partial charge in [0.05, 0.1) is 44.1 Å². The molecule has 0 aromatic rings. The number of ether oxygens (including phenoxy) is 7. The molecule has 3 aliphatic rings. The molecule has 28 heavy (non-hydrogen) atoms. The fraction of sp³-hybridized carbons (Fsp3) is 1.00. The molecule has 5 unspecified atom stereocenters. The van der Waals surface area contributed by atoms with Crippen LogP contribution in [0.4, 0.5) is 0 Å². The summed E-state index contributed by atoms with van der Waals surface area (Å²) in [5.41, 5.74) is -0.598. The quantitative estimate of drug-likeness (QED) is 0.478. The van der Waals surface area contributed by atoms with Gasteiger partial charge in [0, 0.05) is 41.5 Å². The highest BCUT2D eigenvalue weighted by Gasteiger charge is 2.72. The molecule has 2 heterocycles. The van der Waals surface area contributed by atoms with E-state index >= 15 is 0 Å². The van der Waals surface area contributed by atoms with Gasteiger partial charge in [-0.25, -0.2) is 0 Å². The van der Waals surface area contributed by atoms with Crippen molar-refractivity contribution < 1.29 is 38.3 Å². The fourth-order valence-corrected chi connectivity index (χ4v) is 5.13. The molecule has 10 atom stereocenters. The third-order valence-corrected chi connectivity index (χ3v) is 6.62. The number of rotatable bonds is 9. The van der Waals surface area contributed by atoms with Crippen LogP contribution >= 0.6 is 0 Å². The van der Waals surface area contributed by atoms with Crippen molar-refractivity contribution >= 4 is 0 Å². The lowest BCUT2D eigenvalue weighted by Gasteiger charge is -2.46. The monoisotopic (exact) mass is 405 g/mol. The van der Waals surface area contributed by atoms with Gasteiger partial charge in [0.25, 0.3) is 0 Å². The maximum absolute atomic E-state index is 10.0. The van der Waals surface area contributed by atoms with E-state index in [1.807, 2.05) is 6.92 Å². The SMILES string of the molecule is COCC12OC1[C@@H](N[C@H]1C(C)OCC(OC)[C@@H]1OC)C(OC)[C@H](OC)[C@H]2CO. The molecular formula is C19H35NO8. The first-order chi connectivity index (χ1) is 13.5. The molecule has 0 radical (unpaired) electrons. The maximum atomic E-state index is 10.0. The second kappa shape index (κ2) is 9.20. The first kappa shape index (κ1) is 22.3. The summed E-state index contributed by atoms with van der Waals surface area (Å²) >= 11 is 0. The molecule has 9 heteroatoms. The largest absolute Gasteiger partial charge is 0.396 e. The van der Waals surface area contributed by atoms with Crippen LogP contribution in [0.3, 0.4) is 0 Å². The molecule has 2 saturated heterocycles. The first-order valence-corrected chi connectivity index (χ1v) is 9.79. The van der Waals surface area contributed by atoms with Gasteiger partial charge in [-0.05, 0) is 6.92 Å². The van der Waals surface area contributed by atoms with E-state index in [2.05, 4.69) is 5.32 Å². The molecule has 0 bridgehead atoms. The minimum Gasteiger partial charge on any atom is -0.396 e. The standard InChI is InChI=1S/C19H35NO8/c1-10-13(16(25-5)12(23-3)8-27-10)20-14-17(26-6)15(24-4)11(7-21)19(9-22-2)18(14)28-19/h10-18,20-21H,7-9H2,1-6H3/t10?,11-,12?,13+,14+,15-,16+,17?,18?,19?/m1/s1. The number of hydrogen-bond donors (Lipinski definition) is 2. The predicted molar refractivity (Wildman–Crippen MR) is 99.4 cm³/mol. The van der Waals surface area contributed by atoms with Crippen LogP contribution in [0.15, 0.2) is 0 Å². The van der Waals surface area contributed by atoms with Gasteiger partial charge in [0.15, 0.2) is 0 Å². The summed E-state index contributed by atoms with van der Waals surface area (Å²) in [7, 11) is 8.26. The number of aliphatic hydroxyl groups is 1. The number of fused-ring (bicyclic) bond motifs is 1. The van der Waals surface area contributed by atoms with Gasteiger partial charge in [-0.15, -0.1) is 0 Å². The normalized spacial score (nSPS) is 48.3. The molecule has 0 aromatic carbocycles. The van der Waals surface area contributed by atoms with Crippen molar-refractivity contribution in [1.29, 1.82) is 0 Å². The minimum atomic E-state index is -0.598. The number of methoxy groups -OCH3 is 5. The summed E-state index contributed by atoms with van der Waals surface area (Å²) in [5.74, 6) is -0.240. The molecule has 1 saturated carbocycles. The van der Waals surface area contributed by atoms with E-state index < -0.39 is 5.60 Å². The zero-order valence-electron chi connectivity index (χ0n) is 17.6. The van der Waals surface area contributed by atoms with Crippen molar-refractivity contribution in [3.63, 3.8) is 0 Å². The van der Waals surface area contributed by atoms with Crippen LogP contribution in [-0.4, -0.2) is 115 Å². The Morgan fingerprint density at radius 1 is 0.964 bits per heavy atom. The highest BCUT2D eigenvalue weighted by atomic mass is 16.6. The zero-order valence-corrected chi connectivity index (χ0v) is 17.6. The van der Waals surface area contributed by atoms with E-state index in [9.17, 15) is 5.11 Å². The Hall–Kier alpha value is -0.360. The summed E-state index contributed by atoms with van der Waals surface area (Å²) < 4.78 is 40.4. The zero-order chi connectivity index (χ0) is 20.5. The Labute approximate surface area is 166 Å². The Kier molecular flexibility index (Phi) is 7.33. The number of hydrogen-bond acceptors (Lipinski definition) is 9. The summed E-state index contributed by atoms with van der Waals surface area (Å²) in [6, 6.07) is -0.309. The van der Waals surface area contributed by atoms with E-state index in [-0.39, 0.29) is 61.2 Å². The van der Waals surface area contributed by atoms with E-state index in [0.717, 1.165) is 0 Å². The van der Waals surface area contributed by atoms with E-state index in [1.165, 1.54) is 0 Å². The van der Waals surface area contributed by atoms with Gasteiger partial charge in [-0.1, -0.05) is 0 Å². The number of nitrogens with one attached hydrogen (secondary N) is 1. The van der Waals surface area contributed by atoms with E-state index in [1.54, 1.807) is 35.5 Å². The summed E-state index contributed by atoms with van der Waals surface area (Å²) in [6.07, 6.45) is -1.27. The molecule has 0 spiro atoms. The summed E-state index contributed by atoms with van der Waals surface area (Å²) in [6.45, 7) is 2.80. The van der Waals surface area contributed by atoms with E-state index in [4.69, 9.17) is 33.2 Å². The molecule has 0 amide bonds. The van der Waals surface area contributed by atoms with Crippen molar-refractivity contribution in [3.8, 4) is 0 Å². The predicted octanol–water partition coefficient (Wildman–Crippen LogP) is -0.802. The van der Waals surface area contributed by atoms with Crippen molar-refractivity contribution in [1.82, 2.24) is 5.32 Å². The van der Waals surface area contributed by atoms with E-state index in [0.29, 0.717) is 13.2 Å². The van der Waals surface area contributed by atoms with Crippen LogP contribution in [0.25, 0.3) is 0 Å². The molecule has 164 valence electrons. The minimum absolute atomic E-state index is 0.0691. The second-order valence-corrected chi connectivity index (χ2v) is 7.85. The van der Waals surface area contributed by atoms with Gasteiger partial charge in [-0.3, -0.25) is 0 Å².